The van der Waals surface area contributed by atoms with Crippen LogP contribution in [0.15, 0.2) is 66.0 Å². The fourth-order valence-corrected chi connectivity index (χ4v) is 2.97. The van der Waals surface area contributed by atoms with E-state index in [1.165, 1.54) is 11.3 Å². The van der Waals surface area contributed by atoms with Gasteiger partial charge in [-0.15, -0.1) is 11.3 Å². The molecule has 0 radical (unpaired) electrons. The Kier molecular flexibility index (Phi) is 3.94. The molecule has 1 N–H and O–H groups in total. The average Bonchev–Trinajstić information content (AvgIpc) is 2.90. The van der Waals surface area contributed by atoms with Crippen LogP contribution in [-0.4, -0.2) is 10.6 Å². The summed E-state index contributed by atoms with van der Waals surface area (Å²) in [7, 11) is 0. The van der Waals surface area contributed by atoms with Gasteiger partial charge in [0.2, 0.25) is 0 Å². The summed E-state index contributed by atoms with van der Waals surface area (Å²) in [5.74, 6) is -0.178. The van der Waals surface area contributed by atoms with Gasteiger partial charge in [-0.25, -0.2) is 4.68 Å². The van der Waals surface area contributed by atoms with Gasteiger partial charge in [-0.05, 0) is 24.4 Å². The minimum atomic E-state index is -0.178. The molecule has 0 spiro atoms. The van der Waals surface area contributed by atoms with Crippen LogP contribution in [0, 0.1) is 3.95 Å². The largest absolute Gasteiger partial charge is 0.270 e. The lowest BCUT2D eigenvalue weighted by molar-refractivity contribution is 0.101. The van der Waals surface area contributed by atoms with Crippen molar-refractivity contribution >= 4 is 29.5 Å². The molecule has 3 aromatic rings. The lowest BCUT2D eigenvalue weighted by Crippen LogP contribution is -2.23. The topological polar surface area (TPSA) is 34.0 Å². The summed E-state index contributed by atoms with van der Waals surface area (Å²) in [4.78, 5) is 12.3. The van der Waals surface area contributed by atoms with Crippen LogP contribution in [0.1, 0.15) is 10.4 Å². The van der Waals surface area contributed by atoms with Crippen LogP contribution >= 0.6 is 23.6 Å². The van der Waals surface area contributed by atoms with Crippen molar-refractivity contribution in [3.8, 4) is 11.3 Å². The number of nitrogens with zero attached hydrogens (tertiary/aromatic N) is 1. The molecule has 3 rings (SSSR count). The number of hydrogen-bond donors (Lipinski definition) is 1. The van der Waals surface area contributed by atoms with Gasteiger partial charge in [0.15, 0.2) is 3.95 Å². The lowest BCUT2D eigenvalue weighted by Gasteiger charge is -2.10. The monoisotopic (exact) mass is 312 g/mol. The maximum atomic E-state index is 12.3. The smallest absolute Gasteiger partial charge is 0.267 e. The highest BCUT2D eigenvalue weighted by atomic mass is 32.1. The molecular formula is C16H12N2OS2. The molecule has 1 aromatic heterocycles. The van der Waals surface area contributed by atoms with Crippen molar-refractivity contribution in [3.63, 3.8) is 0 Å². The highest BCUT2D eigenvalue weighted by Gasteiger charge is 2.11. The molecule has 0 unspecified atom stereocenters. The van der Waals surface area contributed by atoms with Gasteiger partial charge in [0.1, 0.15) is 0 Å². The molecule has 21 heavy (non-hydrogen) atoms. The van der Waals surface area contributed by atoms with Gasteiger partial charge in [0.05, 0.1) is 5.69 Å². The van der Waals surface area contributed by atoms with Gasteiger partial charge in [0.25, 0.3) is 5.91 Å². The van der Waals surface area contributed by atoms with E-state index in [1.54, 1.807) is 16.8 Å². The molecule has 1 amide bonds. The van der Waals surface area contributed by atoms with E-state index < -0.39 is 0 Å². The van der Waals surface area contributed by atoms with E-state index in [4.69, 9.17) is 12.2 Å². The normalized spacial score (nSPS) is 10.3. The summed E-state index contributed by atoms with van der Waals surface area (Å²) in [5.41, 5.74) is 5.36. The minimum Gasteiger partial charge on any atom is -0.267 e. The number of carbonyl (C=O) groups is 1. The van der Waals surface area contributed by atoms with E-state index in [9.17, 15) is 4.79 Å². The maximum absolute atomic E-state index is 12.3. The number of thiazole rings is 1. The number of carbonyl (C=O) groups excluding carboxylic acids is 1. The molecule has 5 heteroatoms. The lowest BCUT2D eigenvalue weighted by atomic mass is 10.2. The molecular weight excluding hydrogens is 300 g/mol. The molecule has 0 aliphatic heterocycles. The Morgan fingerprint density at radius 2 is 1.62 bits per heavy atom. The predicted molar refractivity (Wildman–Crippen MR) is 88.7 cm³/mol. The Balaban J connectivity index is 1.95. The Morgan fingerprint density at radius 3 is 2.29 bits per heavy atom. The second kappa shape index (κ2) is 6.03. The van der Waals surface area contributed by atoms with Gasteiger partial charge >= 0.3 is 0 Å². The van der Waals surface area contributed by atoms with Crippen LogP contribution < -0.4 is 5.43 Å². The van der Waals surface area contributed by atoms with E-state index in [0.29, 0.717) is 9.52 Å². The quantitative estimate of drug-likeness (QED) is 0.730. The van der Waals surface area contributed by atoms with Crippen LogP contribution in [0.3, 0.4) is 0 Å². The molecule has 104 valence electrons. The molecule has 2 aromatic carbocycles. The first kappa shape index (κ1) is 13.7. The van der Waals surface area contributed by atoms with Crippen molar-refractivity contribution in [2.75, 3.05) is 5.43 Å². The summed E-state index contributed by atoms with van der Waals surface area (Å²) in [5, 5.41) is 1.95. The highest BCUT2D eigenvalue weighted by Crippen LogP contribution is 2.22. The standard InChI is InChI=1S/C16H12N2OS2/c19-15(13-9-5-2-6-10-13)17-18-14(11-21-16(18)20)12-7-3-1-4-8-12/h1-11H,(H,17,19). The number of nitrogens with one attached hydrogen (secondary N) is 1. The number of amides is 1. The third kappa shape index (κ3) is 2.94. The zero-order valence-electron chi connectivity index (χ0n) is 11.0. The molecule has 0 aliphatic rings. The summed E-state index contributed by atoms with van der Waals surface area (Å²) >= 11 is 6.73. The molecule has 0 fully saturated rings. The molecule has 3 nitrogen and oxygen atoms in total. The SMILES string of the molecule is O=C(Nn1c(-c2ccccc2)csc1=S)c1ccccc1. The van der Waals surface area contributed by atoms with Crippen LogP contribution in [0.25, 0.3) is 11.3 Å². The van der Waals surface area contributed by atoms with Crippen LogP contribution in [-0.2, 0) is 0 Å². The fourth-order valence-electron chi connectivity index (χ4n) is 1.98. The highest BCUT2D eigenvalue weighted by molar-refractivity contribution is 7.73. The fraction of sp³-hybridized carbons (Fsp3) is 0. The summed E-state index contributed by atoms with van der Waals surface area (Å²) < 4.78 is 2.27. The van der Waals surface area contributed by atoms with Crippen molar-refractivity contribution in [1.29, 1.82) is 0 Å². The van der Waals surface area contributed by atoms with Crippen LogP contribution in [0.4, 0.5) is 0 Å². The first-order valence-electron chi connectivity index (χ1n) is 6.38. The molecule has 0 saturated heterocycles. The molecule has 0 bridgehead atoms. The van der Waals surface area contributed by atoms with E-state index in [0.717, 1.165) is 11.3 Å². The van der Waals surface area contributed by atoms with E-state index in [1.807, 2.05) is 53.9 Å². The van der Waals surface area contributed by atoms with E-state index in [2.05, 4.69) is 5.43 Å². The Hall–Kier alpha value is -2.24. The first-order chi connectivity index (χ1) is 10.3. The van der Waals surface area contributed by atoms with Gasteiger partial charge in [-0.3, -0.25) is 10.2 Å². The average molecular weight is 312 g/mol. The van der Waals surface area contributed by atoms with Gasteiger partial charge in [0, 0.05) is 16.5 Å². The second-order valence-corrected chi connectivity index (χ2v) is 5.90. The molecule has 0 aliphatic carbocycles. The summed E-state index contributed by atoms with van der Waals surface area (Å²) in [6.45, 7) is 0. The van der Waals surface area contributed by atoms with E-state index >= 15 is 0 Å². The van der Waals surface area contributed by atoms with E-state index in [-0.39, 0.29) is 5.91 Å². The third-order valence-corrected chi connectivity index (χ3v) is 4.21. The van der Waals surface area contributed by atoms with Gasteiger partial charge < -0.3 is 0 Å². The maximum Gasteiger partial charge on any atom is 0.270 e. The van der Waals surface area contributed by atoms with Crippen molar-refractivity contribution in [1.82, 2.24) is 4.68 Å². The van der Waals surface area contributed by atoms with Crippen LogP contribution in [0.5, 0.6) is 0 Å². The van der Waals surface area contributed by atoms with Gasteiger partial charge in [-0.2, -0.15) is 0 Å². The first-order valence-corrected chi connectivity index (χ1v) is 7.67. The Morgan fingerprint density at radius 1 is 1.00 bits per heavy atom. The number of benzene rings is 2. The van der Waals surface area contributed by atoms with Gasteiger partial charge in [-0.1, -0.05) is 48.5 Å². The molecule has 0 atom stereocenters. The minimum absolute atomic E-state index is 0.178. The zero-order chi connectivity index (χ0) is 14.7. The van der Waals surface area contributed by atoms with Crippen molar-refractivity contribution < 1.29 is 4.79 Å². The second-order valence-electron chi connectivity index (χ2n) is 4.40. The predicted octanol–water partition coefficient (Wildman–Crippen LogP) is 4.33. The summed E-state index contributed by atoms with van der Waals surface area (Å²) in [6, 6.07) is 18.9. The van der Waals surface area contributed by atoms with Crippen molar-refractivity contribution in [2.45, 2.75) is 0 Å². The Bertz CT molecular complexity index is 807. The number of aromatic nitrogens is 1. The van der Waals surface area contributed by atoms with Crippen molar-refractivity contribution in [3.05, 3.63) is 75.6 Å². The third-order valence-electron chi connectivity index (χ3n) is 3.01. The molecule has 0 saturated carbocycles. The number of hydrogen-bond acceptors (Lipinski definition) is 3. The number of rotatable bonds is 3. The Labute approximate surface area is 131 Å². The molecule has 1 heterocycles. The zero-order valence-corrected chi connectivity index (χ0v) is 12.7. The van der Waals surface area contributed by atoms with Crippen molar-refractivity contribution in [2.24, 2.45) is 0 Å². The summed E-state index contributed by atoms with van der Waals surface area (Å²) in [6.07, 6.45) is 0. The van der Waals surface area contributed by atoms with Crippen LogP contribution in [0.2, 0.25) is 0 Å².